The molecule has 0 bridgehead atoms. The molecule has 0 atom stereocenters. The second-order valence-corrected chi connectivity index (χ2v) is 4.89. The van der Waals surface area contributed by atoms with Crippen LogP contribution in [0.1, 0.15) is 11.1 Å². The Hall–Kier alpha value is -2.23. The van der Waals surface area contributed by atoms with Crippen molar-refractivity contribution >= 4 is 17.1 Å². The van der Waals surface area contributed by atoms with Crippen LogP contribution in [0.2, 0.25) is 0 Å². The Morgan fingerprint density at radius 1 is 1.10 bits per heavy atom. The molecular formula is C16H19FN2O. The Balaban J connectivity index is 2.50. The predicted molar refractivity (Wildman–Crippen MR) is 81.3 cm³/mol. The standard InChI is InChI=1S/C16H19FN2O/c1-10-5-6-14(11(2)7-10)19(3)15-9-16(20-4)12(17)8-13(15)18/h5-9H,18H2,1-4H3. The van der Waals surface area contributed by atoms with Gasteiger partial charge in [-0.05, 0) is 25.5 Å². The molecule has 0 unspecified atom stereocenters. The van der Waals surface area contributed by atoms with Gasteiger partial charge in [-0.3, -0.25) is 0 Å². The molecule has 0 saturated heterocycles. The van der Waals surface area contributed by atoms with Crippen molar-refractivity contribution in [1.82, 2.24) is 0 Å². The Kier molecular flexibility index (Phi) is 3.84. The third kappa shape index (κ3) is 2.54. The fourth-order valence-electron chi connectivity index (χ4n) is 2.32. The molecule has 2 aromatic rings. The quantitative estimate of drug-likeness (QED) is 0.865. The maximum absolute atomic E-state index is 13.6. The number of anilines is 3. The Bertz CT molecular complexity index is 641. The maximum Gasteiger partial charge on any atom is 0.167 e. The number of nitrogen functional groups attached to an aromatic ring is 1. The molecule has 0 aliphatic carbocycles. The number of benzene rings is 2. The van der Waals surface area contributed by atoms with Crippen LogP contribution in [0, 0.1) is 19.7 Å². The van der Waals surface area contributed by atoms with Gasteiger partial charge in [-0.15, -0.1) is 0 Å². The number of ether oxygens (including phenoxy) is 1. The van der Waals surface area contributed by atoms with Crippen molar-refractivity contribution in [2.75, 3.05) is 24.8 Å². The highest BCUT2D eigenvalue weighted by atomic mass is 19.1. The summed E-state index contributed by atoms with van der Waals surface area (Å²) in [5.41, 5.74) is 10.4. The summed E-state index contributed by atoms with van der Waals surface area (Å²) >= 11 is 0. The van der Waals surface area contributed by atoms with E-state index >= 15 is 0 Å². The van der Waals surface area contributed by atoms with Gasteiger partial charge in [0, 0.05) is 24.9 Å². The maximum atomic E-state index is 13.6. The van der Waals surface area contributed by atoms with Crippen molar-refractivity contribution in [1.29, 1.82) is 0 Å². The van der Waals surface area contributed by atoms with Gasteiger partial charge >= 0.3 is 0 Å². The molecule has 2 aromatic carbocycles. The molecule has 0 fully saturated rings. The number of hydrogen-bond donors (Lipinski definition) is 1. The van der Waals surface area contributed by atoms with Crippen LogP contribution < -0.4 is 15.4 Å². The highest BCUT2D eigenvalue weighted by molar-refractivity contribution is 5.77. The molecule has 4 heteroatoms. The number of nitrogens with zero attached hydrogens (tertiary/aromatic N) is 1. The van der Waals surface area contributed by atoms with E-state index in [-0.39, 0.29) is 5.75 Å². The van der Waals surface area contributed by atoms with Crippen LogP contribution in [-0.4, -0.2) is 14.2 Å². The summed E-state index contributed by atoms with van der Waals surface area (Å²) < 4.78 is 18.6. The molecule has 0 saturated carbocycles. The minimum absolute atomic E-state index is 0.186. The summed E-state index contributed by atoms with van der Waals surface area (Å²) in [6, 6.07) is 9.07. The van der Waals surface area contributed by atoms with E-state index in [2.05, 4.69) is 6.07 Å². The fourth-order valence-corrected chi connectivity index (χ4v) is 2.32. The van der Waals surface area contributed by atoms with E-state index in [1.165, 1.54) is 18.7 Å². The first-order valence-electron chi connectivity index (χ1n) is 6.38. The molecule has 0 spiro atoms. The molecule has 2 rings (SSSR count). The van der Waals surface area contributed by atoms with Crippen LogP contribution >= 0.6 is 0 Å². The average Bonchev–Trinajstić information content (AvgIpc) is 2.38. The van der Waals surface area contributed by atoms with Gasteiger partial charge in [-0.2, -0.15) is 0 Å². The molecule has 106 valence electrons. The van der Waals surface area contributed by atoms with E-state index in [0.29, 0.717) is 5.69 Å². The zero-order chi connectivity index (χ0) is 14.9. The number of methoxy groups -OCH3 is 1. The minimum Gasteiger partial charge on any atom is -0.494 e. The van der Waals surface area contributed by atoms with Crippen molar-refractivity contribution in [3.63, 3.8) is 0 Å². The summed E-state index contributed by atoms with van der Waals surface area (Å²) in [6.07, 6.45) is 0. The van der Waals surface area contributed by atoms with Gasteiger partial charge in [-0.1, -0.05) is 17.7 Å². The Labute approximate surface area is 118 Å². The molecule has 2 N–H and O–H groups in total. The SMILES string of the molecule is COc1cc(N(C)c2ccc(C)cc2C)c(N)cc1F. The zero-order valence-corrected chi connectivity index (χ0v) is 12.2. The van der Waals surface area contributed by atoms with E-state index in [4.69, 9.17) is 10.5 Å². The molecule has 0 radical (unpaired) electrons. The van der Waals surface area contributed by atoms with Crippen LogP contribution in [0.15, 0.2) is 30.3 Å². The van der Waals surface area contributed by atoms with Crippen LogP contribution in [0.4, 0.5) is 21.5 Å². The van der Waals surface area contributed by atoms with Gasteiger partial charge in [-0.25, -0.2) is 4.39 Å². The molecule has 0 aliphatic heterocycles. The van der Waals surface area contributed by atoms with Crippen molar-refractivity contribution in [3.8, 4) is 5.75 Å². The fraction of sp³-hybridized carbons (Fsp3) is 0.250. The van der Waals surface area contributed by atoms with Gasteiger partial charge in [0.15, 0.2) is 11.6 Å². The second-order valence-electron chi connectivity index (χ2n) is 4.89. The first-order chi connectivity index (χ1) is 9.43. The number of aryl methyl sites for hydroxylation is 2. The normalized spacial score (nSPS) is 10.4. The van der Waals surface area contributed by atoms with Gasteiger partial charge in [0.1, 0.15) is 0 Å². The zero-order valence-electron chi connectivity index (χ0n) is 12.2. The summed E-state index contributed by atoms with van der Waals surface area (Å²) in [7, 11) is 3.34. The van der Waals surface area contributed by atoms with E-state index in [1.807, 2.05) is 37.9 Å². The van der Waals surface area contributed by atoms with E-state index in [9.17, 15) is 4.39 Å². The van der Waals surface area contributed by atoms with Crippen molar-refractivity contribution in [3.05, 3.63) is 47.3 Å². The monoisotopic (exact) mass is 274 g/mol. The van der Waals surface area contributed by atoms with Gasteiger partial charge in [0.25, 0.3) is 0 Å². The van der Waals surface area contributed by atoms with Crippen molar-refractivity contribution in [2.24, 2.45) is 0 Å². The lowest BCUT2D eigenvalue weighted by atomic mass is 10.1. The van der Waals surface area contributed by atoms with E-state index < -0.39 is 5.82 Å². The smallest absolute Gasteiger partial charge is 0.167 e. The van der Waals surface area contributed by atoms with Crippen molar-refractivity contribution in [2.45, 2.75) is 13.8 Å². The summed E-state index contributed by atoms with van der Waals surface area (Å²) in [5.74, 6) is -0.270. The number of halogens is 1. The first kappa shape index (κ1) is 14.2. The predicted octanol–water partition coefficient (Wildman–Crippen LogP) is 3.80. The lowest BCUT2D eigenvalue weighted by Crippen LogP contribution is -2.13. The second kappa shape index (κ2) is 5.41. The van der Waals surface area contributed by atoms with Crippen LogP contribution in [0.5, 0.6) is 5.75 Å². The Morgan fingerprint density at radius 3 is 2.40 bits per heavy atom. The Morgan fingerprint density at radius 2 is 1.80 bits per heavy atom. The summed E-state index contributed by atoms with van der Waals surface area (Å²) in [5, 5.41) is 0. The van der Waals surface area contributed by atoms with E-state index in [0.717, 1.165) is 16.9 Å². The van der Waals surface area contributed by atoms with E-state index in [1.54, 1.807) is 6.07 Å². The number of hydrogen-bond acceptors (Lipinski definition) is 3. The molecule has 20 heavy (non-hydrogen) atoms. The summed E-state index contributed by atoms with van der Waals surface area (Å²) in [6.45, 7) is 4.09. The van der Waals surface area contributed by atoms with Gasteiger partial charge in [0.2, 0.25) is 0 Å². The lowest BCUT2D eigenvalue weighted by molar-refractivity contribution is 0.387. The summed E-state index contributed by atoms with van der Waals surface area (Å²) in [4.78, 5) is 1.94. The molecule has 0 aromatic heterocycles. The van der Waals surface area contributed by atoms with Crippen LogP contribution in [-0.2, 0) is 0 Å². The molecule has 0 aliphatic rings. The van der Waals surface area contributed by atoms with Crippen LogP contribution in [0.25, 0.3) is 0 Å². The third-order valence-electron chi connectivity index (χ3n) is 3.38. The molecule has 0 heterocycles. The molecule has 0 amide bonds. The molecular weight excluding hydrogens is 255 g/mol. The van der Waals surface area contributed by atoms with Gasteiger partial charge in [0.05, 0.1) is 18.5 Å². The average molecular weight is 274 g/mol. The highest BCUT2D eigenvalue weighted by Crippen LogP contribution is 2.35. The minimum atomic E-state index is -0.456. The lowest BCUT2D eigenvalue weighted by Gasteiger charge is -2.24. The third-order valence-corrected chi connectivity index (χ3v) is 3.38. The topological polar surface area (TPSA) is 38.5 Å². The highest BCUT2D eigenvalue weighted by Gasteiger charge is 2.14. The first-order valence-corrected chi connectivity index (χ1v) is 6.38. The number of rotatable bonds is 3. The van der Waals surface area contributed by atoms with Crippen LogP contribution in [0.3, 0.4) is 0 Å². The number of nitrogens with two attached hydrogens (primary N) is 1. The van der Waals surface area contributed by atoms with Crippen molar-refractivity contribution < 1.29 is 9.13 Å². The molecule has 3 nitrogen and oxygen atoms in total. The van der Waals surface area contributed by atoms with Gasteiger partial charge < -0.3 is 15.4 Å². The largest absolute Gasteiger partial charge is 0.494 e.